The van der Waals surface area contributed by atoms with E-state index in [4.69, 9.17) is 9.78 Å². The molecule has 0 N–H and O–H groups in total. The van der Waals surface area contributed by atoms with Crippen LogP contribution in [0.3, 0.4) is 0 Å². The molecule has 0 unspecified atom stereocenters. The van der Waals surface area contributed by atoms with E-state index in [1.807, 2.05) is 24.3 Å². The Hall–Kier alpha value is -4.76. The molecular formula is C40H34O2. The Morgan fingerprint density at radius 3 is 0.810 bits per heavy atom. The third-order valence-electron chi connectivity index (χ3n) is 8.06. The van der Waals surface area contributed by atoms with Crippen molar-refractivity contribution in [2.45, 2.75) is 25.0 Å². The van der Waals surface area contributed by atoms with Gasteiger partial charge in [0, 0.05) is 0 Å². The molecule has 0 saturated carbocycles. The first-order chi connectivity index (χ1) is 20.7. The molecule has 0 bridgehead atoms. The summed E-state index contributed by atoms with van der Waals surface area (Å²) in [5.74, 6) is 0. The quantitative estimate of drug-likeness (QED) is 0.102. The minimum absolute atomic E-state index is 0.977. The van der Waals surface area contributed by atoms with Crippen LogP contribution in [-0.2, 0) is 21.0 Å². The maximum atomic E-state index is 7.15. The highest BCUT2D eigenvalue weighted by Gasteiger charge is 2.46. The summed E-state index contributed by atoms with van der Waals surface area (Å²) in [6.45, 7) is 4.25. The summed E-state index contributed by atoms with van der Waals surface area (Å²) < 4.78 is 0. The fourth-order valence-electron chi connectivity index (χ4n) is 5.99. The van der Waals surface area contributed by atoms with E-state index >= 15 is 0 Å². The summed E-state index contributed by atoms with van der Waals surface area (Å²) in [6, 6.07) is 58.2. The van der Waals surface area contributed by atoms with Crippen molar-refractivity contribution in [2.75, 3.05) is 0 Å². The molecule has 42 heavy (non-hydrogen) atoms. The van der Waals surface area contributed by atoms with Crippen molar-refractivity contribution in [3.05, 3.63) is 214 Å². The molecule has 206 valence electrons. The van der Waals surface area contributed by atoms with Crippen molar-refractivity contribution in [3.8, 4) is 0 Å². The average Bonchev–Trinajstić information content (AvgIpc) is 3.06. The SMILES string of the molecule is Cc1ccccc1C(OOC(c1ccccc1)(c1ccccc1)c1ccccc1C)(c1ccccc1)c1ccccc1. The van der Waals surface area contributed by atoms with Crippen LogP contribution < -0.4 is 0 Å². The molecule has 0 aliphatic carbocycles. The largest absolute Gasteiger partial charge is 0.214 e. The average molecular weight is 547 g/mol. The van der Waals surface area contributed by atoms with E-state index in [1.54, 1.807) is 0 Å². The first-order valence-electron chi connectivity index (χ1n) is 14.4. The molecule has 0 spiro atoms. The van der Waals surface area contributed by atoms with Gasteiger partial charge in [0.1, 0.15) is 0 Å². The summed E-state index contributed by atoms with van der Waals surface area (Å²) in [6.07, 6.45) is 0. The lowest BCUT2D eigenvalue weighted by Gasteiger charge is -2.41. The van der Waals surface area contributed by atoms with Gasteiger partial charge in [0.25, 0.3) is 0 Å². The van der Waals surface area contributed by atoms with Gasteiger partial charge in [-0.3, -0.25) is 0 Å². The number of benzene rings is 6. The number of rotatable bonds is 9. The fraction of sp³-hybridized carbons (Fsp3) is 0.100. The van der Waals surface area contributed by atoms with Crippen LogP contribution >= 0.6 is 0 Å². The van der Waals surface area contributed by atoms with Crippen molar-refractivity contribution < 1.29 is 9.78 Å². The van der Waals surface area contributed by atoms with Gasteiger partial charge in [-0.05, 0) is 58.4 Å². The lowest BCUT2D eigenvalue weighted by Crippen LogP contribution is -2.40. The zero-order valence-corrected chi connectivity index (χ0v) is 24.0. The third kappa shape index (κ3) is 4.86. The molecule has 6 aromatic rings. The van der Waals surface area contributed by atoms with Gasteiger partial charge in [-0.2, -0.15) is 0 Å². The molecule has 0 atom stereocenters. The van der Waals surface area contributed by atoms with E-state index in [1.165, 1.54) is 0 Å². The van der Waals surface area contributed by atoms with E-state index < -0.39 is 11.2 Å². The molecule has 0 radical (unpaired) electrons. The van der Waals surface area contributed by atoms with Crippen molar-refractivity contribution in [3.63, 3.8) is 0 Å². The Morgan fingerprint density at radius 2 is 0.548 bits per heavy atom. The van der Waals surface area contributed by atoms with Crippen LogP contribution in [0, 0.1) is 13.8 Å². The lowest BCUT2D eigenvalue weighted by atomic mass is 9.78. The minimum atomic E-state index is -1.06. The molecular weight excluding hydrogens is 512 g/mol. The smallest absolute Gasteiger partial charge is 0.179 e. The summed E-state index contributed by atoms with van der Waals surface area (Å²) >= 11 is 0. The van der Waals surface area contributed by atoms with Gasteiger partial charge in [0.2, 0.25) is 0 Å². The highest BCUT2D eigenvalue weighted by molar-refractivity contribution is 5.52. The van der Waals surface area contributed by atoms with Gasteiger partial charge in [-0.1, -0.05) is 170 Å². The molecule has 6 aromatic carbocycles. The van der Waals surface area contributed by atoms with Gasteiger partial charge in [-0.25, -0.2) is 9.78 Å². The van der Waals surface area contributed by atoms with E-state index in [2.05, 4.69) is 159 Å². The van der Waals surface area contributed by atoms with Gasteiger partial charge < -0.3 is 0 Å². The first-order valence-corrected chi connectivity index (χ1v) is 14.4. The summed E-state index contributed by atoms with van der Waals surface area (Å²) in [5, 5.41) is 0. The summed E-state index contributed by atoms with van der Waals surface area (Å²) in [5.41, 5.74) is 6.02. The first kappa shape index (κ1) is 27.4. The highest BCUT2D eigenvalue weighted by atomic mass is 17.2. The molecule has 2 nitrogen and oxygen atoms in total. The maximum absolute atomic E-state index is 7.15. The topological polar surface area (TPSA) is 18.5 Å². The molecule has 0 aromatic heterocycles. The van der Waals surface area contributed by atoms with Crippen LogP contribution in [0.25, 0.3) is 0 Å². The van der Waals surface area contributed by atoms with Crippen LogP contribution in [0.5, 0.6) is 0 Å². The predicted molar refractivity (Wildman–Crippen MR) is 170 cm³/mol. The van der Waals surface area contributed by atoms with Crippen molar-refractivity contribution in [1.29, 1.82) is 0 Å². The van der Waals surface area contributed by atoms with Crippen LogP contribution in [0.1, 0.15) is 44.5 Å². The number of aryl methyl sites for hydroxylation is 2. The molecule has 6 rings (SSSR count). The van der Waals surface area contributed by atoms with Crippen LogP contribution in [0.2, 0.25) is 0 Å². The monoisotopic (exact) mass is 546 g/mol. The summed E-state index contributed by atoms with van der Waals surface area (Å²) in [7, 11) is 0. The standard InChI is InChI=1S/C40H34O2/c1-31-19-15-17-29-37(31)39(33-21-7-3-8-22-33,34-23-9-4-10-24-34)41-42-40(35-25-11-5-12-26-35,36-27-13-6-14-28-36)38-30-18-16-20-32(38)2/h3-30H,1-2H3. The van der Waals surface area contributed by atoms with Gasteiger partial charge in [0.05, 0.1) is 0 Å². The van der Waals surface area contributed by atoms with Gasteiger partial charge in [-0.15, -0.1) is 0 Å². The van der Waals surface area contributed by atoms with Crippen molar-refractivity contribution in [2.24, 2.45) is 0 Å². The molecule has 0 amide bonds. The molecule has 0 aliphatic rings. The molecule has 2 heteroatoms. The van der Waals surface area contributed by atoms with E-state index in [0.717, 1.165) is 44.5 Å². The second-order valence-electron chi connectivity index (χ2n) is 10.6. The second-order valence-corrected chi connectivity index (χ2v) is 10.6. The Labute approximate surface area is 248 Å². The van der Waals surface area contributed by atoms with E-state index in [-0.39, 0.29) is 0 Å². The van der Waals surface area contributed by atoms with E-state index in [9.17, 15) is 0 Å². The zero-order chi connectivity index (χ0) is 28.8. The fourth-order valence-corrected chi connectivity index (χ4v) is 5.99. The number of hydrogen-bond acceptors (Lipinski definition) is 2. The zero-order valence-electron chi connectivity index (χ0n) is 24.0. The normalized spacial score (nSPS) is 11.8. The Bertz CT molecular complexity index is 1520. The van der Waals surface area contributed by atoms with E-state index in [0.29, 0.717) is 0 Å². The third-order valence-corrected chi connectivity index (χ3v) is 8.06. The number of hydrogen-bond donors (Lipinski definition) is 0. The molecule has 0 aliphatic heterocycles. The second kappa shape index (κ2) is 12.0. The Morgan fingerprint density at radius 1 is 0.310 bits per heavy atom. The molecule has 0 heterocycles. The predicted octanol–water partition coefficient (Wildman–Crippen LogP) is 9.54. The molecule has 0 fully saturated rings. The highest BCUT2D eigenvalue weighted by Crippen LogP contribution is 2.48. The van der Waals surface area contributed by atoms with Gasteiger partial charge in [0.15, 0.2) is 11.2 Å². The molecule has 0 saturated heterocycles. The van der Waals surface area contributed by atoms with Crippen LogP contribution in [-0.4, -0.2) is 0 Å². The van der Waals surface area contributed by atoms with Gasteiger partial charge >= 0.3 is 0 Å². The Balaban J connectivity index is 1.66. The van der Waals surface area contributed by atoms with Crippen LogP contribution in [0.4, 0.5) is 0 Å². The minimum Gasteiger partial charge on any atom is -0.214 e. The van der Waals surface area contributed by atoms with Crippen LogP contribution in [0.15, 0.2) is 170 Å². The lowest BCUT2D eigenvalue weighted by molar-refractivity contribution is -0.388. The van der Waals surface area contributed by atoms with Crippen molar-refractivity contribution in [1.82, 2.24) is 0 Å². The summed E-state index contributed by atoms with van der Waals surface area (Å²) in [4.78, 5) is 14.3. The van der Waals surface area contributed by atoms with Crippen molar-refractivity contribution >= 4 is 0 Å². The maximum Gasteiger partial charge on any atom is 0.179 e. The Kier molecular flexibility index (Phi) is 7.83.